The van der Waals surface area contributed by atoms with Gasteiger partial charge in [-0.3, -0.25) is 15.0 Å². The summed E-state index contributed by atoms with van der Waals surface area (Å²) in [5, 5.41) is 0.166. The molecule has 1 nitrogen and oxygen atoms in total. The second-order valence-corrected chi connectivity index (χ2v) is 19.8. The zero-order valence-corrected chi connectivity index (χ0v) is 21.8. The zero-order valence-electron chi connectivity index (χ0n) is 20.2. The highest BCUT2D eigenvalue weighted by Crippen LogP contribution is 2.58. The van der Waals surface area contributed by atoms with Gasteiger partial charge in [0.15, 0.2) is 0 Å². The molecule has 0 saturated carbocycles. The fraction of sp³-hybridized carbons (Fsp3) is 0.500. The molecule has 0 amide bonds. The molecule has 1 aromatic heterocycles. The monoisotopic (exact) mass is 413 g/mol. The first-order valence-corrected chi connectivity index (χ1v) is 15.7. The van der Waals surface area contributed by atoms with Crippen LogP contribution in [0.1, 0.15) is 30.5 Å². The SMILES string of the molecule is BC(C)(C)c1ccc(-c2cc(C(B)(B)S(C)(C)C)c(S(C)(C)C)cn2)c(C)c1. The lowest BCUT2D eigenvalue weighted by Crippen LogP contribution is -2.34. The predicted octanol–water partition coefficient (Wildman–Crippen LogP) is 3.05. The smallest absolute Gasteiger partial charge is 0.115 e. The molecule has 0 bridgehead atoms. The standard InChI is InChI=1S/C22H38B3NS2/c1-15-12-16(21(2,3)23)10-11-17(15)19-13-18(22(24,25)28(7,8)9)20(14-26-19)27(4,5)6/h10-14H,23-25H2,1-9H3. The first kappa shape index (κ1) is 23.5. The van der Waals surface area contributed by atoms with E-state index in [-0.39, 0.29) is 9.86 Å². The molecule has 0 aliphatic rings. The van der Waals surface area contributed by atoms with Gasteiger partial charge in [-0.15, -0.1) is 0 Å². The van der Waals surface area contributed by atoms with E-state index >= 15 is 0 Å². The summed E-state index contributed by atoms with van der Waals surface area (Å²) in [5.41, 5.74) is 6.54. The van der Waals surface area contributed by atoms with Crippen molar-refractivity contribution in [3.8, 4) is 11.3 Å². The molecule has 6 heteroatoms. The molecular formula is C22H38B3NS2. The van der Waals surface area contributed by atoms with Gasteiger partial charge in [-0.05, 0) is 71.5 Å². The van der Waals surface area contributed by atoms with Crippen LogP contribution in [0, 0.1) is 6.92 Å². The third kappa shape index (κ3) is 4.70. The number of hydrogen-bond acceptors (Lipinski definition) is 1. The second-order valence-electron chi connectivity index (χ2n) is 11.0. The molecule has 2 aromatic rings. The van der Waals surface area contributed by atoms with Gasteiger partial charge in [-0.1, -0.05) is 37.6 Å². The van der Waals surface area contributed by atoms with Crippen molar-refractivity contribution in [1.82, 2.24) is 4.98 Å². The highest BCUT2D eigenvalue weighted by atomic mass is 32.3. The Bertz CT molecular complexity index is 873. The molecule has 0 fully saturated rings. The fourth-order valence-corrected chi connectivity index (χ4v) is 5.53. The summed E-state index contributed by atoms with van der Waals surface area (Å²) >= 11 is 0. The molecule has 0 aliphatic heterocycles. The van der Waals surface area contributed by atoms with Crippen LogP contribution >= 0.6 is 20.1 Å². The molecule has 0 spiro atoms. The van der Waals surface area contributed by atoms with Gasteiger partial charge in [0.1, 0.15) is 23.5 Å². The van der Waals surface area contributed by atoms with Crippen LogP contribution in [0.25, 0.3) is 11.3 Å². The number of aryl methyl sites for hydroxylation is 1. The first-order chi connectivity index (χ1) is 12.5. The van der Waals surface area contributed by atoms with Gasteiger partial charge in [-0.2, -0.15) is 0 Å². The Kier molecular flexibility index (Phi) is 6.31. The van der Waals surface area contributed by atoms with Crippen LogP contribution in [0.4, 0.5) is 0 Å². The van der Waals surface area contributed by atoms with Gasteiger partial charge in [0, 0.05) is 16.7 Å². The molecule has 0 radical (unpaired) electrons. The van der Waals surface area contributed by atoms with E-state index in [1.807, 2.05) is 0 Å². The van der Waals surface area contributed by atoms with Crippen molar-refractivity contribution in [1.29, 1.82) is 0 Å². The molecular weight excluding hydrogens is 375 g/mol. The normalized spacial score (nSPS) is 14.8. The summed E-state index contributed by atoms with van der Waals surface area (Å²) in [7, 11) is 5.47. The number of pyridine rings is 1. The molecule has 0 atom stereocenters. The maximum atomic E-state index is 4.95. The molecule has 2 rings (SSSR count). The number of hydrogen-bond donors (Lipinski definition) is 0. The number of benzene rings is 1. The summed E-state index contributed by atoms with van der Waals surface area (Å²) in [6.45, 7) is 6.76. The number of nitrogens with zero attached hydrogens (tertiary/aromatic N) is 1. The molecule has 1 heterocycles. The van der Waals surface area contributed by atoms with Crippen molar-refractivity contribution in [2.45, 2.75) is 35.5 Å². The fourth-order valence-electron chi connectivity index (χ4n) is 3.30. The summed E-state index contributed by atoms with van der Waals surface area (Å²) in [6, 6.07) is 9.26. The number of rotatable bonds is 5. The maximum absolute atomic E-state index is 4.95. The Labute approximate surface area is 179 Å². The van der Waals surface area contributed by atoms with Crippen LogP contribution in [-0.2, 0) is 9.86 Å². The highest BCUT2D eigenvalue weighted by Gasteiger charge is 2.34. The minimum Gasteiger partial charge on any atom is -0.255 e. The van der Waals surface area contributed by atoms with Crippen molar-refractivity contribution in [2.24, 2.45) is 0 Å². The van der Waals surface area contributed by atoms with Crippen molar-refractivity contribution in [3.05, 3.63) is 47.2 Å². The minimum atomic E-state index is -0.861. The van der Waals surface area contributed by atoms with E-state index in [2.05, 4.69) is 112 Å². The number of aromatic nitrogens is 1. The molecule has 152 valence electrons. The Morgan fingerprint density at radius 2 is 1.46 bits per heavy atom. The summed E-state index contributed by atoms with van der Waals surface area (Å²) in [5.74, 6) is 0. The van der Waals surface area contributed by atoms with E-state index < -0.39 is 20.1 Å². The summed E-state index contributed by atoms with van der Waals surface area (Å²) < 4.78 is 0.138. The highest BCUT2D eigenvalue weighted by molar-refractivity contribution is 8.34. The van der Waals surface area contributed by atoms with Gasteiger partial charge >= 0.3 is 0 Å². The lowest BCUT2D eigenvalue weighted by Gasteiger charge is -2.47. The predicted molar refractivity (Wildman–Crippen MR) is 144 cm³/mol. The Morgan fingerprint density at radius 1 is 0.893 bits per heavy atom. The lowest BCUT2D eigenvalue weighted by atomic mass is 9.65. The average molecular weight is 413 g/mol. The third-order valence-electron chi connectivity index (χ3n) is 6.08. The third-order valence-corrected chi connectivity index (χ3v) is 11.0. The summed E-state index contributed by atoms with van der Waals surface area (Å²) in [6.07, 6.45) is 16.6. The second kappa shape index (κ2) is 7.50. The Balaban J connectivity index is 2.71. The van der Waals surface area contributed by atoms with Gasteiger partial charge in [0.2, 0.25) is 0 Å². The molecule has 28 heavy (non-hydrogen) atoms. The van der Waals surface area contributed by atoms with E-state index in [1.54, 1.807) is 0 Å². The Morgan fingerprint density at radius 3 is 1.89 bits per heavy atom. The van der Waals surface area contributed by atoms with E-state index in [9.17, 15) is 0 Å². The molecule has 0 N–H and O–H groups in total. The topological polar surface area (TPSA) is 12.9 Å². The van der Waals surface area contributed by atoms with Gasteiger partial charge in [-0.25, -0.2) is 10.0 Å². The zero-order chi connectivity index (χ0) is 21.7. The quantitative estimate of drug-likeness (QED) is 0.688. The molecule has 0 aliphatic carbocycles. The Hall–Kier alpha value is -0.735. The lowest BCUT2D eigenvalue weighted by molar-refractivity contribution is 0.763. The van der Waals surface area contributed by atoms with Crippen molar-refractivity contribution < 1.29 is 0 Å². The van der Waals surface area contributed by atoms with Crippen LogP contribution in [0.3, 0.4) is 0 Å². The summed E-state index contributed by atoms with van der Waals surface area (Å²) in [4.78, 5) is 6.41. The minimum absolute atomic E-state index is 0.138. The largest absolute Gasteiger partial charge is 0.255 e. The van der Waals surface area contributed by atoms with Crippen LogP contribution < -0.4 is 0 Å². The van der Waals surface area contributed by atoms with E-state index in [1.165, 1.54) is 27.1 Å². The van der Waals surface area contributed by atoms with E-state index in [0.717, 1.165) is 5.69 Å². The van der Waals surface area contributed by atoms with Crippen molar-refractivity contribution in [2.75, 3.05) is 37.5 Å². The van der Waals surface area contributed by atoms with Crippen LogP contribution in [-0.4, -0.2) is 66.1 Å². The van der Waals surface area contributed by atoms with Gasteiger partial charge < -0.3 is 0 Å². The van der Waals surface area contributed by atoms with Crippen LogP contribution in [0.5, 0.6) is 0 Å². The van der Waals surface area contributed by atoms with Gasteiger partial charge in [0.25, 0.3) is 0 Å². The molecule has 1 aromatic carbocycles. The molecule has 0 unspecified atom stereocenters. The average Bonchev–Trinajstić information content (AvgIpc) is 2.51. The van der Waals surface area contributed by atoms with Crippen LogP contribution in [0.15, 0.2) is 35.4 Å². The first-order valence-electron chi connectivity index (χ1n) is 9.94. The van der Waals surface area contributed by atoms with E-state index in [0.29, 0.717) is 0 Å². The van der Waals surface area contributed by atoms with Crippen molar-refractivity contribution >= 4 is 43.6 Å². The van der Waals surface area contributed by atoms with Gasteiger partial charge in [0.05, 0.1) is 5.69 Å². The van der Waals surface area contributed by atoms with Crippen molar-refractivity contribution in [3.63, 3.8) is 0 Å². The molecule has 0 saturated heterocycles. The van der Waals surface area contributed by atoms with E-state index in [4.69, 9.17) is 4.98 Å². The maximum Gasteiger partial charge on any atom is 0.115 e. The van der Waals surface area contributed by atoms with Crippen LogP contribution in [0.2, 0.25) is 0 Å².